The smallest absolute Gasteiger partial charge is 0.351 e. The summed E-state index contributed by atoms with van der Waals surface area (Å²) in [5, 5.41) is -0.503. The summed E-state index contributed by atoms with van der Waals surface area (Å²) >= 11 is 16.0. The minimum atomic E-state index is -3.60. The molecule has 1 N–H and O–H groups in total. The number of ether oxygens (including phenoxy) is 1. The molecule has 0 bridgehead atoms. The van der Waals surface area contributed by atoms with Crippen LogP contribution in [0.25, 0.3) is 0 Å². The minimum absolute atomic E-state index is 0.0588. The number of nitrogens with one attached hydrogen (secondary N) is 1. The predicted molar refractivity (Wildman–Crippen MR) is 108 cm³/mol. The summed E-state index contributed by atoms with van der Waals surface area (Å²) in [6.45, 7) is 1.86. The number of aromatic nitrogens is 1. The van der Waals surface area contributed by atoms with E-state index >= 15 is 0 Å². The molecule has 0 aliphatic carbocycles. The van der Waals surface area contributed by atoms with E-state index < -0.39 is 16.1 Å². The van der Waals surface area contributed by atoms with Crippen molar-refractivity contribution >= 4 is 46.2 Å². The molecule has 0 radical (unpaired) electrons. The van der Waals surface area contributed by atoms with E-state index in [-0.39, 0.29) is 11.9 Å². The van der Waals surface area contributed by atoms with Crippen LogP contribution in [0.15, 0.2) is 36.4 Å². The first-order valence-corrected chi connectivity index (χ1v) is 8.80. The summed E-state index contributed by atoms with van der Waals surface area (Å²) in [7, 11) is 1.79. The normalized spacial score (nSPS) is 12.0. The van der Waals surface area contributed by atoms with E-state index in [2.05, 4.69) is 16.2 Å². The predicted octanol–water partition coefficient (Wildman–Crippen LogP) is 5.47. The maximum Gasteiger partial charge on any atom is 0.351 e. The molecule has 0 aliphatic heterocycles. The second kappa shape index (κ2) is 8.70. The lowest BCUT2D eigenvalue weighted by atomic mass is 10.3. The van der Waals surface area contributed by atoms with Gasteiger partial charge in [-0.2, -0.15) is 8.78 Å². The molecular formula is C18H15Cl2F2N3OS. The number of hydrogen-bond donors (Lipinski definition) is 1. The SMILES string of the molecule is C#CC(C)N(C)C(=S)Nc1ccc(Oc2ccc(C(F)(F)Cl)c(Cl)n2)cc1. The monoisotopic (exact) mass is 429 g/mol. The van der Waals surface area contributed by atoms with Gasteiger partial charge in [-0.3, -0.25) is 0 Å². The lowest BCUT2D eigenvalue weighted by Gasteiger charge is -2.24. The van der Waals surface area contributed by atoms with Gasteiger partial charge in [0.15, 0.2) is 5.11 Å². The van der Waals surface area contributed by atoms with E-state index in [1.54, 1.807) is 36.2 Å². The number of anilines is 1. The lowest BCUT2D eigenvalue weighted by molar-refractivity contribution is 0.0947. The zero-order valence-corrected chi connectivity index (χ0v) is 16.7. The zero-order valence-electron chi connectivity index (χ0n) is 14.3. The van der Waals surface area contributed by atoms with Crippen LogP contribution in [-0.2, 0) is 5.38 Å². The maximum absolute atomic E-state index is 13.1. The molecule has 1 unspecified atom stereocenters. The van der Waals surface area contributed by atoms with Crippen LogP contribution in [-0.4, -0.2) is 28.1 Å². The highest BCUT2D eigenvalue weighted by molar-refractivity contribution is 7.80. The molecule has 4 nitrogen and oxygen atoms in total. The van der Waals surface area contributed by atoms with Gasteiger partial charge in [0.25, 0.3) is 0 Å². The molecule has 0 aliphatic rings. The summed E-state index contributed by atoms with van der Waals surface area (Å²) in [6, 6.07) is 8.97. The Kier molecular flexibility index (Phi) is 6.82. The molecule has 1 heterocycles. The fourth-order valence-corrected chi connectivity index (χ4v) is 2.65. The van der Waals surface area contributed by atoms with Crippen molar-refractivity contribution in [2.45, 2.75) is 18.3 Å². The van der Waals surface area contributed by atoms with Crippen LogP contribution >= 0.6 is 35.4 Å². The van der Waals surface area contributed by atoms with E-state index in [1.807, 2.05) is 6.92 Å². The summed E-state index contributed by atoms with van der Waals surface area (Å²) in [5.74, 6) is 3.09. The third kappa shape index (κ3) is 5.67. The molecule has 0 amide bonds. The Bertz CT molecular complexity index is 866. The van der Waals surface area contributed by atoms with Gasteiger partial charge in [-0.05, 0) is 61.1 Å². The Morgan fingerprint density at radius 2 is 1.96 bits per heavy atom. The van der Waals surface area contributed by atoms with Gasteiger partial charge in [0.2, 0.25) is 5.88 Å². The van der Waals surface area contributed by atoms with Crippen molar-refractivity contribution < 1.29 is 13.5 Å². The number of rotatable bonds is 5. The highest BCUT2D eigenvalue weighted by atomic mass is 35.5. The third-order valence-electron chi connectivity index (χ3n) is 3.60. The second-order valence-corrected chi connectivity index (χ2v) is 6.72. The quantitative estimate of drug-likeness (QED) is 0.295. The number of terminal acetylenes is 1. The number of alkyl halides is 3. The molecule has 1 atom stereocenters. The average molecular weight is 430 g/mol. The fourth-order valence-electron chi connectivity index (χ4n) is 1.91. The molecule has 0 saturated carbocycles. The lowest BCUT2D eigenvalue weighted by Crippen LogP contribution is -2.37. The van der Waals surface area contributed by atoms with Crippen molar-refractivity contribution in [1.29, 1.82) is 0 Å². The molecule has 142 valence electrons. The molecule has 2 rings (SSSR count). The van der Waals surface area contributed by atoms with Gasteiger partial charge in [-0.25, -0.2) is 4.98 Å². The number of halogens is 4. The first-order valence-electron chi connectivity index (χ1n) is 7.63. The number of benzene rings is 1. The van der Waals surface area contributed by atoms with Crippen LogP contribution in [0.4, 0.5) is 14.5 Å². The topological polar surface area (TPSA) is 37.4 Å². The van der Waals surface area contributed by atoms with Gasteiger partial charge >= 0.3 is 5.38 Å². The van der Waals surface area contributed by atoms with Gasteiger partial charge in [-0.1, -0.05) is 17.5 Å². The van der Waals surface area contributed by atoms with Crippen molar-refractivity contribution in [3.05, 3.63) is 47.1 Å². The van der Waals surface area contributed by atoms with E-state index in [9.17, 15) is 8.78 Å². The Balaban J connectivity index is 2.05. The number of nitrogens with zero attached hydrogens (tertiary/aromatic N) is 2. The molecule has 0 fully saturated rings. The summed E-state index contributed by atoms with van der Waals surface area (Å²) in [6.07, 6.45) is 5.38. The van der Waals surface area contributed by atoms with Crippen LogP contribution < -0.4 is 10.1 Å². The maximum atomic E-state index is 13.1. The molecule has 0 spiro atoms. The first kappa shape index (κ1) is 21.2. The van der Waals surface area contributed by atoms with Crippen LogP contribution in [0.1, 0.15) is 12.5 Å². The Hall–Kier alpha value is -2.14. The van der Waals surface area contributed by atoms with Gasteiger partial charge in [0.05, 0.1) is 11.6 Å². The van der Waals surface area contributed by atoms with E-state index in [4.69, 9.17) is 46.6 Å². The molecule has 2 aromatic rings. The standard InChI is InChI=1S/C18H15Cl2F2N3OS/c1-4-11(2)25(3)17(27)23-12-5-7-13(8-6-12)26-15-10-9-14(16(19)24-15)18(20,21)22/h1,5-11H,2-3H3,(H,23,27). The van der Waals surface area contributed by atoms with Gasteiger partial charge in [-0.15, -0.1) is 6.42 Å². The van der Waals surface area contributed by atoms with Gasteiger partial charge in [0.1, 0.15) is 10.9 Å². The Labute approximate surface area is 171 Å². The minimum Gasteiger partial charge on any atom is -0.439 e. The van der Waals surface area contributed by atoms with Crippen molar-refractivity contribution in [2.75, 3.05) is 12.4 Å². The van der Waals surface area contributed by atoms with Crippen molar-refractivity contribution in [2.24, 2.45) is 0 Å². The highest BCUT2D eigenvalue weighted by Crippen LogP contribution is 2.37. The van der Waals surface area contributed by atoms with Crippen LogP contribution in [0, 0.1) is 12.3 Å². The Morgan fingerprint density at radius 3 is 2.48 bits per heavy atom. The molecule has 9 heteroatoms. The van der Waals surface area contributed by atoms with Crippen molar-refractivity contribution in [3.63, 3.8) is 0 Å². The van der Waals surface area contributed by atoms with E-state index in [1.165, 1.54) is 6.07 Å². The third-order valence-corrected chi connectivity index (χ3v) is 4.48. The number of hydrogen-bond acceptors (Lipinski definition) is 3. The second-order valence-electron chi connectivity index (χ2n) is 5.50. The van der Waals surface area contributed by atoms with Crippen LogP contribution in [0.5, 0.6) is 11.6 Å². The summed E-state index contributed by atoms with van der Waals surface area (Å²) < 4.78 is 31.7. The van der Waals surface area contributed by atoms with Crippen LogP contribution in [0.2, 0.25) is 5.15 Å². The highest BCUT2D eigenvalue weighted by Gasteiger charge is 2.31. The van der Waals surface area contributed by atoms with Gasteiger partial charge < -0.3 is 15.0 Å². The van der Waals surface area contributed by atoms with Crippen molar-refractivity contribution in [1.82, 2.24) is 9.88 Å². The largest absolute Gasteiger partial charge is 0.439 e. The fraction of sp³-hybridized carbons (Fsp3) is 0.222. The average Bonchev–Trinajstić information content (AvgIpc) is 2.61. The van der Waals surface area contributed by atoms with E-state index in [0.717, 1.165) is 11.8 Å². The summed E-state index contributed by atoms with van der Waals surface area (Å²) in [4.78, 5) is 5.52. The van der Waals surface area contributed by atoms with Crippen molar-refractivity contribution in [3.8, 4) is 24.0 Å². The Morgan fingerprint density at radius 1 is 1.33 bits per heavy atom. The first-order chi connectivity index (χ1) is 12.6. The summed E-state index contributed by atoms with van der Waals surface area (Å²) in [5.41, 5.74) is 0.142. The van der Waals surface area contributed by atoms with Gasteiger partial charge in [0, 0.05) is 18.8 Å². The molecule has 27 heavy (non-hydrogen) atoms. The molecular weight excluding hydrogens is 415 g/mol. The zero-order chi connectivity index (χ0) is 20.2. The molecule has 1 aromatic carbocycles. The number of thiocarbonyl (C=S) groups is 1. The van der Waals surface area contributed by atoms with E-state index in [0.29, 0.717) is 10.9 Å². The molecule has 0 saturated heterocycles. The number of pyridine rings is 1. The van der Waals surface area contributed by atoms with Crippen LogP contribution in [0.3, 0.4) is 0 Å². The molecule has 1 aromatic heterocycles.